The van der Waals surface area contributed by atoms with Crippen LogP contribution in [0.4, 0.5) is 5.82 Å². The summed E-state index contributed by atoms with van der Waals surface area (Å²) in [5.74, 6) is 0.783. The number of anilines is 1. The van der Waals surface area contributed by atoms with Crippen molar-refractivity contribution in [3.63, 3.8) is 0 Å². The minimum Gasteiger partial charge on any atom is -0.280 e. The topological polar surface area (TPSA) is 78.1 Å². The van der Waals surface area contributed by atoms with Crippen molar-refractivity contribution in [1.82, 2.24) is 14.5 Å². The van der Waals surface area contributed by atoms with E-state index in [-0.39, 0.29) is 0 Å². The minimum absolute atomic E-state index is 0.366. The Morgan fingerprint density at radius 3 is 3.00 bits per heavy atom. The molecule has 0 spiro atoms. The van der Waals surface area contributed by atoms with Crippen LogP contribution in [0.2, 0.25) is 0 Å². The van der Waals surface area contributed by atoms with E-state index in [9.17, 15) is 8.42 Å². The summed E-state index contributed by atoms with van der Waals surface area (Å²) in [5, 5.41) is 6.74. The number of aromatic nitrogens is 2. The van der Waals surface area contributed by atoms with Gasteiger partial charge in [-0.1, -0.05) is 13.8 Å². The van der Waals surface area contributed by atoms with Crippen LogP contribution >= 0.6 is 0 Å². The number of H-pyrrole nitrogens is 1. The first-order chi connectivity index (χ1) is 8.51. The molecule has 1 atom stereocenters. The van der Waals surface area contributed by atoms with Gasteiger partial charge in [0.1, 0.15) is 0 Å². The number of nitrogens with zero attached hydrogens (tertiary/aromatic N) is 2. The van der Waals surface area contributed by atoms with Crippen LogP contribution in [-0.2, 0) is 16.6 Å². The number of nitrogens with one attached hydrogen (secondary N) is 2. The van der Waals surface area contributed by atoms with E-state index in [4.69, 9.17) is 0 Å². The molecule has 0 aliphatic carbocycles. The van der Waals surface area contributed by atoms with Gasteiger partial charge >= 0.3 is 10.2 Å². The lowest BCUT2D eigenvalue weighted by Crippen LogP contribution is -2.42. The summed E-state index contributed by atoms with van der Waals surface area (Å²) in [6.45, 7) is 5.23. The minimum atomic E-state index is -3.46. The molecule has 1 aliphatic rings. The number of rotatable bonds is 4. The Kier molecular flexibility index (Phi) is 3.91. The molecular formula is C11H20N4O2S. The standard InChI is InChI=1S/C11H20N4O2S/c1-3-10-7-11(13-12-10)14-18(16,17)15-6-4-5-9(2)8-15/h7,9H,3-6,8H2,1-2H3,(H2,12,13,14). The first-order valence-corrected chi connectivity index (χ1v) is 7.77. The predicted octanol–water partition coefficient (Wildman–Crippen LogP) is 1.36. The van der Waals surface area contributed by atoms with Crippen LogP contribution in [0.1, 0.15) is 32.4 Å². The van der Waals surface area contributed by atoms with Gasteiger partial charge in [-0.25, -0.2) is 0 Å². The van der Waals surface area contributed by atoms with Crippen LogP contribution in [-0.4, -0.2) is 36.0 Å². The lowest BCUT2D eigenvalue weighted by Gasteiger charge is -2.29. The first kappa shape index (κ1) is 13.4. The molecule has 1 unspecified atom stereocenters. The molecule has 1 fully saturated rings. The monoisotopic (exact) mass is 272 g/mol. The molecule has 7 heteroatoms. The molecule has 0 bridgehead atoms. The summed E-state index contributed by atoms with van der Waals surface area (Å²) < 4.78 is 28.3. The van der Waals surface area contributed by atoms with Crippen molar-refractivity contribution in [2.75, 3.05) is 17.8 Å². The van der Waals surface area contributed by atoms with Gasteiger partial charge in [0.2, 0.25) is 0 Å². The van der Waals surface area contributed by atoms with Gasteiger partial charge < -0.3 is 0 Å². The molecule has 18 heavy (non-hydrogen) atoms. The molecule has 1 aromatic rings. The molecule has 0 radical (unpaired) electrons. The molecule has 0 amide bonds. The Morgan fingerprint density at radius 1 is 1.61 bits per heavy atom. The highest BCUT2D eigenvalue weighted by molar-refractivity contribution is 7.90. The Hall–Kier alpha value is -1.08. The summed E-state index contributed by atoms with van der Waals surface area (Å²) in [6.07, 6.45) is 2.81. The van der Waals surface area contributed by atoms with E-state index in [0.717, 1.165) is 25.0 Å². The van der Waals surface area contributed by atoms with Gasteiger partial charge in [-0.05, 0) is 25.2 Å². The second-order valence-electron chi connectivity index (χ2n) is 4.84. The van der Waals surface area contributed by atoms with E-state index < -0.39 is 10.2 Å². The molecule has 1 saturated heterocycles. The number of aryl methyl sites for hydroxylation is 1. The maximum Gasteiger partial charge on any atom is 0.302 e. The van der Waals surface area contributed by atoms with Crippen molar-refractivity contribution in [2.45, 2.75) is 33.1 Å². The summed E-state index contributed by atoms with van der Waals surface area (Å²) in [6, 6.07) is 1.73. The molecule has 0 aromatic carbocycles. The van der Waals surface area contributed by atoms with Crippen molar-refractivity contribution in [3.8, 4) is 0 Å². The molecule has 1 aliphatic heterocycles. The van der Waals surface area contributed by atoms with Gasteiger partial charge in [-0.2, -0.15) is 17.8 Å². The highest BCUT2D eigenvalue weighted by Gasteiger charge is 2.27. The third-order valence-corrected chi connectivity index (χ3v) is 4.68. The van der Waals surface area contributed by atoms with E-state index in [1.54, 1.807) is 6.07 Å². The van der Waals surface area contributed by atoms with Crippen LogP contribution in [0, 0.1) is 5.92 Å². The zero-order valence-electron chi connectivity index (χ0n) is 10.8. The fourth-order valence-electron chi connectivity index (χ4n) is 2.16. The van der Waals surface area contributed by atoms with Crippen LogP contribution in [0.25, 0.3) is 0 Å². The van der Waals surface area contributed by atoms with E-state index in [1.807, 2.05) is 6.92 Å². The first-order valence-electron chi connectivity index (χ1n) is 6.33. The van der Waals surface area contributed by atoms with Crippen molar-refractivity contribution in [2.24, 2.45) is 5.92 Å². The van der Waals surface area contributed by atoms with Gasteiger partial charge in [-0.15, -0.1) is 0 Å². The smallest absolute Gasteiger partial charge is 0.280 e. The van der Waals surface area contributed by atoms with Gasteiger partial charge in [0.15, 0.2) is 5.82 Å². The maximum absolute atomic E-state index is 12.2. The normalized spacial score (nSPS) is 22.0. The third-order valence-electron chi connectivity index (χ3n) is 3.21. The average molecular weight is 272 g/mol. The summed E-state index contributed by atoms with van der Waals surface area (Å²) in [7, 11) is -3.46. The Bertz CT molecular complexity index is 497. The highest BCUT2D eigenvalue weighted by Crippen LogP contribution is 2.19. The van der Waals surface area contributed by atoms with Crippen molar-refractivity contribution < 1.29 is 8.42 Å². The lowest BCUT2D eigenvalue weighted by molar-refractivity contribution is 0.282. The van der Waals surface area contributed by atoms with E-state index in [2.05, 4.69) is 21.8 Å². The molecule has 2 heterocycles. The second-order valence-corrected chi connectivity index (χ2v) is 6.52. The summed E-state index contributed by atoms with van der Waals surface area (Å²) in [4.78, 5) is 0. The fraction of sp³-hybridized carbons (Fsp3) is 0.727. The van der Waals surface area contributed by atoms with Crippen LogP contribution < -0.4 is 4.72 Å². The molecular weight excluding hydrogens is 252 g/mol. The Labute approximate surface area is 108 Å². The lowest BCUT2D eigenvalue weighted by atomic mass is 10.0. The fourth-order valence-corrected chi connectivity index (χ4v) is 3.47. The van der Waals surface area contributed by atoms with Crippen LogP contribution in [0.15, 0.2) is 6.07 Å². The molecule has 102 valence electrons. The SMILES string of the molecule is CCc1cc(NS(=O)(=O)N2CCCC(C)C2)n[nH]1. The Balaban J connectivity index is 2.06. The van der Waals surface area contributed by atoms with E-state index in [0.29, 0.717) is 24.8 Å². The Morgan fingerprint density at radius 2 is 2.39 bits per heavy atom. The van der Waals surface area contributed by atoms with Gasteiger partial charge in [0.25, 0.3) is 0 Å². The van der Waals surface area contributed by atoms with Crippen LogP contribution in [0.3, 0.4) is 0 Å². The quantitative estimate of drug-likeness (QED) is 0.868. The predicted molar refractivity (Wildman–Crippen MR) is 70.5 cm³/mol. The molecule has 0 saturated carbocycles. The van der Waals surface area contributed by atoms with E-state index >= 15 is 0 Å². The summed E-state index contributed by atoms with van der Waals surface area (Å²) in [5.41, 5.74) is 0.916. The van der Waals surface area contributed by atoms with E-state index in [1.165, 1.54) is 4.31 Å². The maximum atomic E-state index is 12.2. The highest BCUT2D eigenvalue weighted by atomic mass is 32.2. The largest absolute Gasteiger partial charge is 0.302 e. The van der Waals surface area contributed by atoms with Gasteiger partial charge in [0.05, 0.1) is 0 Å². The third kappa shape index (κ3) is 3.02. The number of aromatic amines is 1. The van der Waals surface area contributed by atoms with Crippen molar-refractivity contribution >= 4 is 16.0 Å². The number of hydrogen-bond donors (Lipinski definition) is 2. The van der Waals surface area contributed by atoms with Crippen LogP contribution in [0.5, 0.6) is 0 Å². The zero-order valence-corrected chi connectivity index (χ0v) is 11.6. The molecule has 1 aromatic heterocycles. The zero-order chi connectivity index (χ0) is 13.2. The molecule has 2 N–H and O–H groups in total. The van der Waals surface area contributed by atoms with Crippen molar-refractivity contribution in [3.05, 3.63) is 11.8 Å². The second kappa shape index (κ2) is 5.27. The number of hydrogen-bond acceptors (Lipinski definition) is 3. The van der Waals surface area contributed by atoms with Gasteiger partial charge in [0, 0.05) is 24.8 Å². The number of piperidine rings is 1. The molecule has 6 nitrogen and oxygen atoms in total. The molecule has 2 rings (SSSR count). The van der Waals surface area contributed by atoms with Gasteiger partial charge in [-0.3, -0.25) is 9.82 Å². The average Bonchev–Trinajstić information content (AvgIpc) is 2.76. The summed E-state index contributed by atoms with van der Waals surface area (Å²) >= 11 is 0. The van der Waals surface area contributed by atoms with Crippen molar-refractivity contribution in [1.29, 1.82) is 0 Å².